The second kappa shape index (κ2) is 7.11. The average Bonchev–Trinajstić information content (AvgIpc) is 3.13. The summed E-state index contributed by atoms with van der Waals surface area (Å²) in [4.78, 5) is 12.8. The summed E-state index contributed by atoms with van der Waals surface area (Å²) in [5.41, 5.74) is 1.35. The topological polar surface area (TPSA) is 57.5 Å². The van der Waals surface area contributed by atoms with Gasteiger partial charge in [0.2, 0.25) is 0 Å². The molecular weight excluding hydrogens is 408 g/mol. The Labute approximate surface area is 201 Å². The van der Waals surface area contributed by atoms with Crippen molar-refractivity contribution in [2.24, 2.45) is 56.7 Å². The number of aliphatic carboxylic acids is 1. The van der Waals surface area contributed by atoms with Crippen molar-refractivity contribution < 1.29 is 15.0 Å². The molecule has 33 heavy (non-hydrogen) atoms. The fourth-order valence-corrected chi connectivity index (χ4v) is 11.5. The van der Waals surface area contributed by atoms with Crippen molar-refractivity contribution in [2.75, 3.05) is 0 Å². The van der Waals surface area contributed by atoms with Crippen molar-refractivity contribution >= 4 is 5.97 Å². The third-order valence-electron chi connectivity index (χ3n) is 13.5. The van der Waals surface area contributed by atoms with E-state index in [1.807, 2.05) is 0 Å². The zero-order chi connectivity index (χ0) is 24.2. The normalized spacial score (nSPS) is 55.0. The van der Waals surface area contributed by atoms with Gasteiger partial charge < -0.3 is 10.2 Å². The van der Waals surface area contributed by atoms with Crippen molar-refractivity contribution in [1.82, 2.24) is 0 Å². The van der Waals surface area contributed by atoms with Gasteiger partial charge in [0.15, 0.2) is 0 Å². The van der Waals surface area contributed by atoms with Gasteiger partial charge in [0.05, 0.1) is 11.5 Å². The van der Waals surface area contributed by atoms with Crippen LogP contribution in [0.1, 0.15) is 106 Å². The van der Waals surface area contributed by atoms with Gasteiger partial charge in [-0.3, -0.25) is 4.79 Å². The molecule has 2 N–H and O–H groups in total. The molecule has 0 unspecified atom stereocenters. The van der Waals surface area contributed by atoms with Crippen molar-refractivity contribution in [3.8, 4) is 0 Å². The standard InChI is InChI=1S/C30H48O3/c1-18(2)19-10-15-30(25(32)33)17-16-28(6)20(24(19)30)8-9-22-27(5)13-12-23(31)26(3,4)21(27)11-14-29(22,28)7/h19-24,31H,1,8-17H2,2-7H3,(H,32,33)/t19-,20-,21+,22-,23-,24+,27-,28-,29+,30+/m0/s1. The molecule has 5 fully saturated rings. The third kappa shape index (κ3) is 2.75. The molecule has 0 spiro atoms. The predicted octanol–water partition coefficient (Wildman–Crippen LogP) is 7.09. The maximum absolute atomic E-state index is 12.8. The van der Waals surface area contributed by atoms with E-state index in [-0.39, 0.29) is 33.7 Å². The quantitative estimate of drug-likeness (QED) is 0.436. The fraction of sp³-hybridized carbons (Fsp3) is 0.900. The summed E-state index contributed by atoms with van der Waals surface area (Å²) in [5, 5.41) is 21.4. The summed E-state index contributed by atoms with van der Waals surface area (Å²) >= 11 is 0. The highest BCUT2D eigenvalue weighted by atomic mass is 16.4. The molecule has 186 valence electrons. The lowest BCUT2D eigenvalue weighted by Crippen LogP contribution is -2.67. The molecule has 0 heterocycles. The molecule has 10 atom stereocenters. The molecular formula is C30H48O3. The van der Waals surface area contributed by atoms with E-state index in [0.717, 1.165) is 38.5 Å². The third-order valence-corrected chi connectivity index (χ3v) is 13.5. The molecule has 0 radical (unpaired) electrons. The SMILES string of the molecule is C=C(C)[C@@H]1CC[C@@]2(C(=O)O)CC[C@@]3(C)[C@@H](CC[C@H]4[C@@]5(C)CC[C@H](O)C(C)(C)[C@H]5CC[C@]43C)[C@@H]12. The molecule has 3 nitrogen and oxygen atoms in total. The lowest BCUT2D eigenvalue weighted by Gasteiger charge is -2.72. The van der Waals surface area contributed by atoms with Crippen LogP contribution in [-0.2, 0) is 4.79 Å². The summed E-state index contributed by atoms with van der Waals surface area (Å²) in [6, 6.07) is 0. The molecule has 0 aliphatic heterocycles. The highest BCUT2D eigenvalue weighted by Gasteiger charge is 2.71. The van der Waals surface area contributed by atoms with E-state index < -0.39 is 11.4 Å². The van der Waals surface area contributed by atoms with Crippen LogP contribution in [0.5, 0.6) is 0 Å². The van der Waals surface area contributed by atoms with Crippen LogP contribution in [0.3, 0.4) is 0 Å². The number of allylic oxidation sites excluding steroid dienone is 1. The van der Waals surface area contributed by atoms with Crippen LogP contribution >= 0.6 is 0 Å². The molecule has 5 rings (SSSR count). The Kier molecular flexibility index (Phi) is 5.15. The average molecular weight is 457 g/mol. The second-order valence-electron chi connectivity index (χ2n) is 14.5. The predicted molar refractivity (Wildman–Crippen MR) is 133 cm³/mol. The van der Waals surface area contributed by atoms with E-state index >= 15 is 0 Å². The molecule has 0 aromatic rings. The first-order chi connectivity index (χ1) is 15.3. The molecule has 3 heteroatoms. The van der Waals surface area contributed by atoms with Gasteiger partial charge >= 0.3 is 5.97 Å². The number of fused-ring (bicyclic) bond motifs is 7. The highest BCUT2D eigenvalue weighted by Crippen LogP contribution is 2.77. The van der Waals surface area contributed by atoms with E-state index in [2.05, 4.69) is 48.1 Å². The minimum Gasteiger partial charge on any atom is -0.481 e. The van der Waals surface area contributed by atoms with Crippen LogP contribution in [0.25, 0.3) is 0 Å². The smallest absolute Gasteiger partial charge is 0.309 e. The largest absolute Gasteiger partial charge is 0.481 e. The van der Waals surface area contributed by atoms with Crippen LogP contribution in [0, 0.1) is 56.7 Å². The molecule has 0 amide bonds. The van der Waals surface area contributed by atoms with Gasteiger partial charge in [-0.05, 0) is 122 Å². The number of carboxylic acid groups (broad SMARTS) is 1. The number of aliphatic hydroxyl groups excluding tert-OH is 1. The van der Waals surface area contributed by atoms with Gasteiger partial charge in [-0.15, -0.1) is 0 Å². The van der Waals surface area contributed by atoms with E-state index in [0.29, 0.717) is 23.7 Å². The number of aliphatic hydroxyl groups is 1. The Balaban J connectivity index is 1.57. The Morgan fingerprint density at radius 1 is 0.818 bits per heavy atom. The lowest BCUT2D eigenvalue weighted by atomic mass is 9.32. The van der Waals surface area contributed by atoms with Gasteiger partial charge in [0, 0.05) is 0 Å². The summed E-state index contributed by atoms with van der Waals surface area (Å²) in [6.07, 6.45) is 10.5. The zero-order valence-electron chi connectivity index (χ0n) is 22.0. The molecule has 0 aromatic carbocycles. The summed E-state index contributed by atoms with van der Waals surface area (Å²) in [6.45, 7) is 18.8. The second-order valence-corrected chi connectivity index (χ2v) is 14.5. The van der Waals surface area contributed by atoms with Gasteiger partial charge in [0.1, 0.15) is 0 Å². The van der Waals surface area contributed by atoms with Gasteiger partial charge in [0.25, 0.3) is 0 Å². The summed E-state index contributed by atoms with van der Waals surface area (Å²) in [7, 11) is 0. The van der Waals surface area contributed by atoms with Crippen molar-refractivity contribution in [2.45, 2.75) is 112 Å². The van der Waals surface area contributed by atoms with Crippen LogP contribution in [0.15, 0.2) is 12.2 Å². The molecule has 0 bridgehead atoms. The number of hydrogen-bond donors (Lipinski definition) is 2. The van der Waals surface area contributed by atoms with E-state index in [1.165, 1.54) is 31.3 Å². The molecule has 0 aromatic heterocycles. The molecule has 5 aliphatic carbocycles. The van der Waals surface area contributed by atoms with Crippen LogP contribution < -0.4 is 0 Å². The first-order valence-electron chi connectivity index (χ1n) is 13.8. The number of carboxylic acids is 1. The van der Waals surface area contributed by atoms with Crippen molar-refractivity contribution in [3.63, 3.8) is 0 Å². The summed E-state index contributed by atoms with van der Waals surface area (Å²) in [5.74, 6) is 1.79. The van der Waals surface area contributed by atoms with Gasteiger partial charge in [-0.2, -0.15) is 0 Å². The maximum atomic E-state index is 12.8. The first-order valence-corrected chi connectivity index (χ1v) is 13.8. The monoisotopic (exact) mass is 456 g/mol. The number of rotatable bonds is 2. The Hall–Kier alpha value is -0.830. The van der Waals surface area contributed by atoms with Crippen LogP contribution in [0.2, 0.25) is 0 Å². The van der Waals surface area contributed by atoms with Gasteiger partial charge in [-0.1, -0.05) is 46.8 Å². The Morgan fingerprint density at radius 3 is 2.15 bits per heavy atom. The number of hydrogen-bond acceptors (Lipinski definition) is 2. The molecule has 5 aliphatic rings. The first kappa shape index (κ1) is 23.9. The van der Waals surface area contributed by atoms with Crippen LogP contribution in [0.4, 0.5) is 0 Å². The summed E-state index contributed by atoms with van der Waals surface area (Å²) < 4.78 is 0. The Bertz CT molecular complexity index is 861. The van der Waals surface area contributed by atoms with Crippen LogP contribution in [-0.4, -0.2) is 22.3 Å². The maximum Gasteiger partial charge on any atom is 0.309 e. The highest BCUT2D eigenvalue weighted by molar-refractivity contribution is 5.76. The fourth-order valence-electron chi connectivity index (χ4n) is 11.5. The van der Waals surface area contributed by atoms with E-state index in [4.69, 9.17) is 0 Å². The lowest BCUT2D eigenvalue weighted by molar-refractivity contribution is -0.248. The van der Waals surface area contributed by atoms with Gasteiger partial charge in [-0.25, -0.2) is 0 Å². The van der Waals surface area contributed by atoms with E-state index in [9.17, 15) is 15.0 Å². The minimum absolute atomic E-state index is 0.0202. The minimum atomic E-state index is -0.538. The zero-order valence-corrected chi connectivity index (χ0v) is 22.0. The van der Waals surface area contributed by atoms with Crippen molar-refractivity contribution in [1.29, 1.82) is 0 Å². The molecule has 5 saturated carbocycles. The van der Waals surface area contributed by atoms with Crippen molar-refractivity contribution in [3.05, 3.63) is 12.2 Å². The number of carbonyl (C=O) groups is 1. The molecule has 0 saturated heterocycles. The van der Waals surface area contributed by atoms with E-state index in [1.54, 1.807) is 0 Å². The Morgan fingerprint density at radius 2 is 1.52 bits per heavy atom.